The molecule has 0 atom stereocenters. The molecule has 3 aromatic rings. The summed E-state index contributed by atoms with van der Waals surface area (Å²) in [7, 11) is 0. The van der Waals surface area contributed by atoms with E-state index in [-0.39, 0.29) is 31.3 Å². The predicted molar refractivity (Wildman–Crippen MR) is 98.1 cm³/mol. The quantitative estimate of drug-likeness (QED) is 0.427. The van der Waals surface area contributed by atoms with Crippen molar-refractivity contribution in [2.45, 2.75) is 32.8 Å². The second-order valence-corrected chi connectivity index (χ2v) is 6.59. The molecule has 0 spiro atoms. The highest BCUT2D eigenvalue weighted by atomic mass is 19.4. The average molecular weight is 443 g/mol. The molecule has 166 valence electrons. The minimum Gasteiger partial charge on any atom is -0.468 e. The van der Waals surface area contributed by atoms with E-state index in [1.165, 1.54) is 28.6 Å². The maximum Gasteiger partial charge on any atom is 0.435 e. The number of alkyl halides is 3. The second-order valence-electron chi connectivity index (χ2n) is 6.59. The van der Waals surface area contributed by atoms with E-state index in [1.807, 2.05) is 0 Å². The number of halogens is 5. The number of aromatic nitrogens is 4. The Labute approximate surface area is 173 Å². The van der Waals surface area contributed by atoms with Gasteiger partial charge in [0, 0.05) is 31.0 Å². The molecule has 0 aliphatic heterocycles. The number of aryl methyl sites for hydroxylation is 2. The van der Waals surface area contributed by atoms with Gasteiger partial charge < -0.3 is 10.1 Å². The molecule has 1 aromatic carbocycles. The zero-order chi connectivity index (χ0) is 22.6. The van der Waals surface area contributed by atoms with Crippen molar-refractivity contribution in [1.29, 1.82) is 0 Å². The molecule has 0 aliphatic carbocycles. The summed E-state index contributed by atoms with van der Waals surface area (Å²) >= 11 is 0. The van der Waals surface area contributed by atoms with Crippen molar-refractivity contribution >= 4 is 5.91 Å². The number of hydrogen-bond acceptors (Lipinski definition) is 4. The molecule has 2 heterocycles. The summed E-state index contributed by atoms with van der Waals surface area (Å²) in [4.78, 5) is 12.1. The second kappa shape index (κ2) is 9.14. The largest absolute Gasteiger partial charge is 0.468 e. The summed E-state index contributed by atoms with van der Waals surface area (Å²) in [6.07, 6.45) is -2.70. The average Bonchev–Trinajstić information content (AvgIpc) is 3.31. The number of amides is 1. The first kappa shape index (κ1) is 22.2. The van der Waals surface area contributed by atoms with Gasteiger partial charge in [0.25, 0.3) is 5.91 Å². The van der Waals surface area contributed by atoms with Crippen molar-refractivity contribution in [2.24, 2.45) is 0 Å². The molecular weight excluding hydrogens is 425 g/mol. The van der Waals surface area contributed by atoms with Gasteiger partial charge >= 0.3 is 6.18 Å². The number of carbonyl (C=O) groups excluding carboxylic acids is 1. The normalized spacial score (nSPS) is 11.5. The minimum absolute atomic E-state index is 0.0813. The summed E-state index contributed by atoms with van der Waals surface area (Å²) in [5.41, 5.74) is -0.505. The van der Waals surface area contributed by atoms with Crippen LogP contribution >= 0.6 is 0 Å². The van der Waals surface area contributed by atoms with Crippen LogP contribution in [-0.2, 0) is 19.5 Å². The van der Waals surface area contributed by atoms with Crippen LogP contribution in [0.5, 0.6) is 5.75 Å². The van der Waals surface area contributed by atoms with E-state index in [0.717, 1.165) is 18.2 Å². The highest BCUT2D eigenvalue weighted by Crippen LogP contribution is 2.28. The lowest BCUT2D eigenvalue weighted by atomic mass is 10.3. The van der Waals surface area contributed by atoms with E-state index in [4.69, 9.17) is 4.74 Å². The van der Waals surface area contributed by atoms with Crippen LogP contribution in [0.4, 0.5) is 22.0 Å². The number of rotatable bonds is 8. The first-order chi connectivity index (χ1) is 14.6. The lowest BCUT2D eigenvalue weighted by Gasteiger charge is -2.07. The Balaban J connectivity index is 1.45. The molecule has 1 amide bonds. The molecule has 0 aliphatic rings. The molecule has 0 saturated heterocycles. The Morgan fingerprint density at radius 3 is 2.61 bits per heavy atom. The lowest BCUT2D eigenvalue weighted by Crippen LogP contribution is -2.26. The molecule has 0 unspecified atom stereocenters. The SMILES string of the molecule is Cc1cc(C(F)(F)F)nn1CCCNC(=O)c1ccn(COc2ccc(F)cc2F)n1. The Hall–Kier alpha value is -3.44. The first-order valence-corrected chi connectivity index (χ1v) is 9.14. The van der Waals surface area contributed by atoms with Crippen LogP contribution in [0.1, 0.15) is 28.3 Å². The number of hydrogen-bond donors (Lipinski definition) is 1. The van der Waals surface area contributed by atoms with Gasteiger partial charge in [0.05, 0.1) is 0 Å². The third-order valence-electron chi connectivity index (χ3n) is 4.22. The zero-order valence-corrected chi connectivity index (χ0v) is 16.3. The number of nitrogens with one attached hydrogen (secondary N) is 1. The number of carbonyl (C=O) groups is 1. The van der Waals surface area contributed by atoms with Gasteiger partial charge in [-0.3, -0.25) is 9.48 Å². The molecule has 0 fully saturated rings. The standard InChI is InChI=1S/C19H18F5N5O2/c1-12-9-17(19(22,23)24)27-29(12)7-2-6-25-18(30)15-5-8-28(26-15)11-31-16-4-3-13(20)10-14(16)21/h3-5,8-10H,2,6-7,11H2,1H3,(H,25,30). The summed E-state index contributed by atoms with van der Waals surface area (Å²) in [5.74, 6) is -2.24. The molecule has 0 saturated carbocycles. The zero-order valence-electron chi connectivity index (χ0n) is 16.3. The van der Waals surface area contributed by atoms with Crippen molar-refractivity contribution in [3.63, 3.8) is 0 Å². The maximum atomic E-state index is 13.5. The highest BCUT2D eigenvalue weighted by Gasteiger charge is 2.34. The van der Waals surface area contributed by atoms with Gasteiger partial charge in [-0.05, 0) is 37.6 Å². The van der Waals surface area contributed by atoms with Crippen LogP contribution in [0.15, 0.2) is 36.5 Å². The minimum atomic E-state index is -4.50. The summed E-state index contributed by atoms with van der Waals surface area (Å²) in [5, 5.41) is 10.1. The number of ether oxygens (including phenoxy) is 1. The van der Waals surface area contributed by atoms with Crippen LogP contribution in [0, 0.1) is 18.6 Å². The van der Waals surface area contributed by atoms with E-state index in [1.54, 1.807) is 0 Å². The van der Waals surface area contributed by atoms with Gasteiger partial charge in [0.2, 0.25) is 0 Å². The van der Waals surface area contributed by atoms with E-state index in [2.05, 4.69) is 15.5 Å². The topological polar surface area (TPSA) is 74.0 Å². The van der Waals surface area contributed by atoms with E-state index in [0.29, 0.717) is 18.2 Å². The fourth-order valence-electron chi connectivity index (χ4n) is 2.68. The van der Waals surface area contributed by atoms with Gasteiger partial charge in [-0.1, -0.05) is 0 Å². The van der Waals surface area contributed by atoms with Crippen molar-refractivity contribution in [1.82, 2.24) is 24.9 Å². The summed E-state index contributed by atoms with van der Waals surface area (Å²) in [6, 6.07) is 5.26. The highest BCUT2D eigenvalue weighted by molar-refractivity contribution is 5.92. The number of nitrogens with zero attached hydrogens (tertiary/aromatic N) is 4. The summed E-state index contributed by atoms with van der Waals surface area (Å²) < 4.78 is 72.1. The third kappa shape index (κ3) is 5.80. The Kier molecular flexibility index (Phi) is 6.56. The van der Waals surface area contributed by atoms with Crippen LogP contribution in [0.2, 0.25) is 0 Å². The van der Waals surface area contributed by atoms with Gasteiger partial charge in [-0.15, -0.1) is 0 Å². The molecular formula is C19H18F5N5O2. The number of benzene rings is 1. The van der Waals surface area contributed by atoms with Crippen molar-refractivity contribution in [3.05, 3.63) is 65.2 Å². The molecule has 1 N–H and O–H groups in total. The van der Waals surface area contributed by atoms with Gasteiger partial charge in [-0.25, -0.2) is 13.5 Å². The Morgan fingerprint density at radius 2 is 1.94 bits per heavy atom. The fourth-order valence-corrected chi connectivity index (χ4v) is 2.68. The molecule has 31 heavy (non-hydrogen) atoms. The Morgan fingerprint density at radius 1 is 1.16 bits per heavy atom. The van der Waals surface area contributed by atoms with E-state index < -0.39 is 29.4 Å². The molecule has 0 bridgehead atoms. The van der Waals surface area contributed by atoms with Gasteiger partial charge in [0.15, 0.2) is 24.0 Å². The molecule has 3 rings (SSSR count). The van der Waals surface area contributed by atoms with Gasteiger partial charge in [-0.2, -0.15) is 23.4 Å². The molecule has 12 heteroatoms. The van der Waals surface area contributed by atoms with Crippen LogP contribution in [-0.4, -0.2) is 32.0 Å². The summed E-state index contributed by atoms with van der Waals surface area (Å²) in [6.45, 7) is 1.72. The monoisotopic (exact) mass is 443 g/mol. The molecule has 7 nitrogen and oxygen atoms in total. The van der Waals surface area contributed by atoms with Crippen LogP contribution < -0.4 is 10.1 Å². The first-order valence-electron chi connectivity index (χ1n) is 9.14. The molecule has 2 aromatic heterocycles. The van der Waals surface area contributed by atoms with E-state index >= 15 is 0 Å². The third-order valence-corrected chi connectivity index (χ3v) is 4.22. The van der Waals surface area contributed by atoms with Crippen LogP contribution in [0.25, 0.3) is 0 Å². The lowest BCUT2D eigenvalue weighted by molar-refractivity contribution is -0.141. The van der Waals surface area contributed by atoms with Crippen LogP contribution in [0.3, 0.4) is 0 Å². The predicted octanol–water partition coefficient (Wildman–Crippen LogP) is 3.54. The van der Waals surface area contributed by atoms with Crippen molar-refractivity contribution < 1.29 is 31.5 Å². The fraction of sp³-hybridized carbons (Fsp3) is 0.316. The van der Waals surface area contributed by atoms with Crippen molar-refractivity contribution in [3.8, 4) is 5.75 Å². The molecule has 0 radical (unpaired) electrons. The smallest absolute Gasteiger partial charge is 0.435 e. The Bertz CT molecular complexity index is 1060. The van der Waals surface area contributed by atoms with E-state index in [9.17, 15) is 26.7 Å². The maximum absolute atomic E-state index is 13.5. The van der Waals surface area contributed by atoms with Gasteiger partial charge in [0.1, 0.15) is 11.5 Å². The van der Waals surface area contributed by atoms with Crippen molar-refractivity contribution in [2.75, 3.05) is 6.54 Å².